The molecule has 0 amide bonds. The molecule has 9 rings (SSSR count). The molecule has 1 heteroatoms. The second-order valence-electron chi connectivity index (χ2n) is 13.8. The Labute approximate surface area is 294 Å². The lowest BCUT2D eigenvalue weighted by molar-refractivity contribution is 0.660. The predicted octanol–water partition coefficient (Wildman–Crippen LogP) is 13.6. The van der Waals surface area contributed by atoms with Gasteiger partial charge in [-0.05, 0) is 115 Å². The summed E-state index contributed by atoms with van der Waals surface area (Å²) < 4.78 is 0. The van der Waals surface area contributed by atoms with Crippen molar-refractivity contribution in [2.45, 2.75) is 19.3 Å². The topological polar surface area (TPSA) is 3.24 Å². The molecule has 0 fully saturated rings. The van der Waals surface area contributed by atoms with Crippen molar-refractivity contribution in [1.82, 2.24) is 0 Å². The van der Waals surface area contributed by atoms with Gasteiger partial charge in [-0.25, -0.2) is 0 Å². The Morgan fingerprint density at radius 2 is 0.900 bits per heavy atom. The Bertz CT molecular complexity index is 2500. The van der Waals surface area contributed by atoms with Gasteiger partial charge in [0.25, 0.3) is 0 Å². The van der Waals surface area contributed by atoms with Gasteiger partial charge in [-0.2, -0.15) is 0 Å². The van der Waals surface area contributed by atoms with Gasteiger partial charge in [-0.15, -0.1) is 0 Å². The molecule has 0 unspecified atom stereocenters. The van der Waals surface area contributed by atoms with Crippen molar-refractivity contribution >= 4 is 27.8 Å². The van der Waals surface area contributed by atoms with Gasteiger partial charge in [0.05, 0.1) is 0 Å². The van der Waals surface area contributed by atoms with E-state index < -0.39 is 0 Å². The van der Waals surface area contributed by atoms with Crippen LogP contribution in [0.3, 0.4) is 0 Å². The van der Waals surface area contributed by atoms with Gasteiger partial charge in [0.2, 0.25) is 0 Å². The van der Waals surface area contributed by atoms with Gasteiger partial charge >= 0.3 is 0 Å². The minimum Gasteiger partial charge on any atom is -0.310 e. The summed E-state index contributed by atoms with van der Waals surface area (Å²) in [5.41, 5.74) is 16.2. The lowest BCUT2D eigenvalue weighted by Crippen LogP contribution is -2.14. The minimum atomic E-state index is -0.0224. The highest BCUT2D eigenvalue weighted by molar-refractivity contribution is 5.97. The number of fused-ring (bicyclic) bond motifs is 4. The first-order valence-electron chi connectivity index (χ1n) is 17.4. The van der Waals surface area contributed by atoms with Crippen molar-refractivity contribution in [1.29, 1.82) is 0 Å². The summed E-state index contributed by atoms with van der Waals surface area (Å²) in [5, 5.41) is 2.53. The number of nitrogens with zero attached hydrogens (tertiary/aromatic N) is 1. The van der Waals surface area contributed by atoms with E-state index in [1.54, 1.807) is 0 Å². The smallest absolute Gasteiger partial charge is 0.0467 e. The molecule has 0 N–H and O–H groups in total. The molecule has 8 aromatic carbocycles. The molecule has 0 heterocycles. The van der Waals surface area contributed by atoms with E-state index >= 15 is 0 Å². The standard InChI is InChI=1S/C49H37N/c1-49(2)47-24-9-8-22-45(47)46-30-27-38(33-48(46)49)34-25-28-41(29-26-34)50(40-18-4-3-5-19-40)42-20-11-16-37(32-42)36-15-10-17-39(31-36)44-23-12-14-35-13-6-7-21-43(35)44/h3-33H,1-2H3. The Morgan fingerprint density at radius 3 is 1.76 bits per heavy atom. The molecule has 0 spiro atoms. The van der Waals surface area contributed by atoms with Crippen LogP contribution in [0, 0.1) is 0 Å². The Balaban J connectivity index is 1.07. The summed E-state index contributed by atoms with van der Waals surface area (Å²) in [6.07, 6.45) is 0. The van der Waals surface area contributed by atoms with Crippen molar-refractivity contribution in [3.8, 4) is 44.5 Å². The SMILES string of the molecule is CC1(C)c2ccccc2-c2ccc(-c3ccc(N(c4ccccc4)c4cccc(-c5cccc(-c6cccc7ccccc67)c5)c4)cc3)cc21. The van der Waals surface area contributed by atoms with E-state index in [-0.39, 0.29) is 5.41 Å². The molecule has 238 valence electrons. The first-order chi connectivity index (χ1) is 24.5. The van der Waals surface area contributed by atoms with Gasteiger partial charge < -0.3 is 4.90 Å². The van der Waals surface area contributed by atoms with Crippen LogP contribution in [0.1, 0.15) is 25.0 Å². The van der Waals surface area contributed by atoms with Crippen LogP contribution in [0.15, 0.2) is 188 Å². The molecule has 0 saturated carbocycles. The average Bonchev–Trinajstić information content (AvgIpc) is 3.41. The van der Waals surface area contributed by atoms with Gasteiger partial charge in [-0.1, -0.05) is 153 Å². The predicted molar refractivity (Wildman–Crippen MR) is 213 cm³/mol. The zero-order chi connectivity index (χ0) is 33.7. The first-order valence-corrected chi connectivity index (χ1v) is 17.4. The number of benzene rings is 8. The van der Waals surface area contributed by atoms with Crippen LogP contribution in [0.5, 0.6) is 0 Å². The van der Waals surface area contributed by atoms with E-state index in [4.69, 9.17) is 0 Å². The monoisotopic (exact) mass is 639 g/mol. The fourth-order valence-corrected chi connectivity index (χ4v) is 7.88. The largest absolute Gasteiger partial charge is 0.310 e. The maximum absolute atomic E-state index is 2.40. The lowest BCUT2D eigenvalue weighted by Gasteiger charge is -2.26. The number of hydrogen-bond acceptors (Lipinski definition) is 1. The molecule has 0 saturated heterocycles. The highest BCUT2D eigenvalue weighted by Crippen LogP contribution is 2.49. The van der Waals surface area contributed by atoms with Crippen molar-refractivity contribution < 1.29 is 0 Å². The molecule has 1 aliphatic rings. The van der Waals surface area contributed by atoms with E-state index in [1.165, 1.54) is 66.4 Å². The second kappa shape index (κ2) is 12.1. The van der Waals surface area contributed by atoms with Gasteiger partial charge in [0.15, 0.2) is 0 Å². The van der Waals surface area contributed by atoms with Gasteiger partial charge in [0, 0.05) is 22.5 Å². The van der Waals surface area contributed by atoms with E-state index in [0.717, 1.165) is 17.1 Å². The number of anilines is 3. The van der Waals surface area contributed by atoms with Crippen LogP contribution in [-0.4, -0.2) is 0 Å². The third-order valence-corrected chi connectivity index (χ3v) is 10.5. The molecule has 1 nitrogen and oxygen atoms in total. The van der Waals surface area contributed by atoms with E-state index in [0.29, 0.717) is 0 Å². The fraction of sp³-hybridized carbons (Fsp3) is 0.0612. The van der Waals surface area contributed by atoms with Crippen molar-refractivity contribution in [3.63, 3.8) is 0 Å². The molecule has 0 aromatic heterocycles. The van der Waals surface area contributed by atoms with Crippen molar-refractivity contribution in [3.05, 3.63) is 199 Å². The number of rotatable bonds is 6. The van der Waals surface area contributed by atoms with E-state index in [9.17, 15) is 0 Å². The maximum atomic E-state index is 2.40. The van der Waals surface area contributed by atoms with Gasteiger partial charge in [0.1, 0.15) is 0 Å². The van der Waals surface area contributed by atoms with Crippen LogP contribution < -0.4 is 4.90 Å². The first kappa shape index (κ1) is 29.9. The Morgan fingerprint density at radius 1 is 0.340 bits per heavy atom. The second-order valence-corrected chi connectivity index (χ2v) is 13.8. The summed E-state index contributed by atoms with van der Waals surface area (Å²) in [4.78, 5) is 2.35. The van der Waals surface area contributed by atoms with Gasteiger partial charge in [-0.3, -0.25) is 0 Å². The molecule has 50 heavy (non-hydrogen) atoms. The summed E-state index contributed by atoms with van der Waals surface area (Å²) in [6.45, 7) is 4.69. The summed E-state index contributed by atoms with van der Waals surface area (Å²) in [7, 11) is 0. The van der Waals surface area contributed by atoms with Crippen molar-refractivity contribution in [2.75, 3.05) is 4.90 Å². The highest BCUT2D eigenvalue weighted by atomic mass is 15.1. The summed E-state index contributed by atoms with van der Waals surface area (Å²) in [6, 6.07) is 68.5. The highest BCUT2D eigenvalue weighted by Gasteiger charge is 2.35. The fourth-order valence-electron chi connectivity index (χ4n) is 7.88. The Hall–Kier alpha value is -6.18. The summed E-state index contributed by atoms with van der Waals surface area (Å²) >= 11 is 0. The maximum Gasteiger partial charge on any atom is 0.0467 e. The zero-order valence-electron chi connectivity index (χ0n) is 28.3. The lowest BCUT2D eigenvalue weighted by atomic mass is 9.81. The molecule has 0 aliphatic heterocycles. The molecule has 0 radical (unpaired) electrons. The normalized spacial score (nSPS) is 12.8. The van der Waals surface area contributed by atoms with Crippen LogP contribution in [-0.2, 0) is 5.41 Å². The molecule has 8 aromatic rings. The van der Waals surface area contributed by atoms with E-state index in [2.05, 4.69) is 207 Å². The zero-order valence-corrected chi connectivity index (χ0v) is 28.3. The molecular formula is C49H37N. The molecule has 1 aliphatic carbocycles. The molecule has 0 bridgehead atoms. The van der Waals surface area contributed by atoms with Crippen LogP contribution in [0.25, 0.3) is 55.3 Å². The van der Waals surface area contributed by atoms with Crippen LogP contribution in [0.2, 0.25) is 0 Å². The molecule has 0 atom stereocenters. The van der Waals surface area contributed by atoms with Crippen LogP contribution >= 0.6 is 0 Å². The van der Waals surface area contributed by atoms with Crippen LogP contribution in [0.4, 0.5) is 17.1 Å². The third-order valence-electron chi connectivity index (χ3n) is 10.5. The number of hydrogen-bond donors (Lipinski definition) is 0. The minimum absolute atomic E-state index is 0.0224. The molecular weight excluding hydrogens is 603 g/mol. The number of para-hydroxylation sites is 1. The van der Waals surface area contributed by atoms with Crippen molar-refractivity contribution in [2.24, 2.45) is 0 Å². The summed E-state index contributed by atoms with van der Waals surface area (Å²) in [5.74, 6) is 0. The third kappa shape index (κ3) is 5.11. The van der Waals surface area contributed by atoms with E-state index in [1.807, 2.05) is 0 Å². The Kier molecular flexibility index (Phi) is 7.21. The average molecular weight is 640 g/mol. The quantitative estimate of drug-likeness (QED) is 0.175.